The van der Waals surface area contributed by atoms with Crippen LogP contribution in [-0.2, 0) is 19.1 Å². The topological polar surface area (TPSA) is 60.4 Å². The number of carbonyl (C=O) groups is 3. The van der Waals surface area contributed by atoms with Crippen molar-refractivity contribution in [3.8, 4) is 12.3 Å². The Labute approximate surface area is 113 Å². The minimum absolute atomic E-state index is 0.126. The number of rotatable bonds is 5. The van der Waals surface area contributed by atoms with Crippen molar-refractivity contribution in [1.82, 2.24) is 0 Å². The molecule has 0 aromatic heterocycles. The van der Waals surface area contributed by atoms with Gasteiger partial charge < -0.3 is 4.74 Å². The zero-order valence-electron chi connectivity index (χ0n) is 11.3. The second-order valence-corrected chi connectivity index (χ2v) is 4.92. The van der Waals surface area contributed by atoms with Gasteiger partial charge in [-0.2, -0.15) is 0 Å². The summed E-state index contributed by atoms with van der Waals surface area (Å²) in [5.74, 6) is 0.714. The van der Waals surface area contributed by atoms with E-state index in [0.717, 1.165) is 12.8 Å². The first-order valence-electron chi connectivity index (χ1n) is 6.65. The molecule has 1 aliphatic rings. The van der Waals surface area contributed by atoms with Crippen LogP contribution in [0.25, 0.3) is 0 Å². The summed E-state index contributed by atoms with van der Waals surface area (Å²) in [5.41, 5.74) is 0. The average molecular weight is 264 g/mol. The Kier molecular flexibility index (Phi) is 6.27. The number of ether oxygens (including phenoxy) is 1. The van der Waals surface area contributed by atoms with E-state index in [2.05, 4.69) is 5.92 Å². The molecule has 19 heavy (non-hydrogen) atoms. The highest BCUT2D eigenvalue weighted by atomic mass is 16.5. The van der Waals surface area contributed by atoms with Gasteiger partial charge in [-0.3, -0.25) is 14.4 Å². The SMILES string of the molecule is C#CCCC(=O)C(C(=O)OC)[C@H]1CCCCC(=O)C1. The van der Waals surface area contributed by atoms with Gasteiger partial charge in [0, 0.05) is 25.7 Å². The van der Waals surface area contributed by atoms with Crippen LogP contribution in [-0.4, -0.2) is 24.6 Å². The highest BCUT2D eigenvalue weighted by Crippen LogP contribution is 2.29. The normalized spacial score (nSPS) is 21.1. The van der Waals surface area contributed by atoms with Crippen molar-refractivity contribution in [1.29, 1.82) is 0 Å². The highest BCUT2D eigenvalue weighted by molar-refractivity contribution is 6.00. The number of carbonyl (C=O) groups excluding carboxylic acids is 3. The Morgan fingerprint density at radius 3 is 2.84 bits per heavy atom. The lowest BCUT2D eigenvalue weighted by atomic mass is 9.82. The molecule has 1 fully saturated rings. The Morgan fingerprint density at radius 2 is 2.21 bits per heavy atom. The van der Waals surface area contributed by atoms with Crippen LogP contribution in [0.4, 0.5) is 0 Å². The molecular weight excluding hydrogens is 244 g/mol. The number of terminal acetylenes is 1. The van der Waals surface area contributed by atoms with E-state index in [-0.39, 0.29) is 23.9 Å². The molecule has 1 saturated carbocycles. The predicted octanol–water partition coefficient (Wildman–Crippen LogP) is 1.91. The highest BCUT2D eigenvalue weighted by Gasteiger charge is 2.36. The Morgan fingerprint density at radius 1 is 1.47 bits per heavy atom. The lowest BCUT2D eigenvalue weighted by molar-refractivity contribution is -0.152. The number of Topliss-reactive ketones (excluding diaryl/α,β-unsaturated/α-hetero) is 2. The van der Waals surface area contributed by atoms with Gasteiger partial charge in [0.15, 0.2) is 0 Å². The summed E-state index contributed by atoms with van der Waals surface area (Å²) in [4.78, 5) is 35.6. The fourth-order valence-corrected chi connectivity index (χ4v) is 2.57. The number of ketones is 2. The van der Waals surface area contributed by atoms with Crippen LogP contribution >= 0.6 is 0 Å². The molecule has 0 heterocycles. The van der Waals surface area contributed by atoms with Gasteiger partial charge in [0.2, 0.25) is 0 Å². The van der Waals surface area contributed by atoms with Crippen LogP contribution in [0.3, 0.4) is 0 Å². The van der Waals surface area contributed by atoms with Crippen LogP contribution in [0, 0.1) is 24.2 Å². The first-order chi connectivity index (χ1) is 9.10. The van der Waals surface area contributed by atoms with Crippen molar-refractivity contribution >= 4 is 17.5 Å². The maximum atomic E-state index is 12.1. The number of esters is 1. The summed E-state index contributed by atoms with van der Waals surface area (Å²) in [6, 6.07) is 0. The molecule has 0 aromatic carbocycles. The first kappa shape index (κ1) is 15.4. The van der Waals surface area contributed by atoms with Crippen molar-refractivity contribution in [3.05, 3.63) is 0 Å². The van der Waals surface area contributed by atoms with E-state index in [1.54, 1.807) is 0 Å². The molecule has 1 aliphatic carbocycles. The number of hydrogen-bond acceptors (Lipinski definition) is 4. The average Bonchev–Trinajstić information content (AvgIpc) is 2.61. The summed E-state index contributed by atoms with van der Waals surface area (Å²) in [6.45, 7) is 0. The third-order valence-electron chi connectivity index (χ3n) is 3.56. The number of hydrogen-bond donors (Lipinski definition) is 0. The third kappa shape index (κ3) is 4.51. The van der Waals surface area contributed by atoms with Gasteiger partial charge in [0.05, 0.1) is 7.11 Å². The van der Waals surface area contributed by atoms with Gasteiger partial charge >= 0.3 is 5.97 Å². The Balaban J connectivity index is 2.83. The summed E-state index contributed by atoms with van der Waals surface area (Å²) >= 11 is 0. The van der Waals surface area contributed by atoms with E-state index in [9.17, 15) is 14.4 Å². The van der Waals surface area contributed by atoms with E-state index in [4.69, 9.17) is 11.2 Å². The maximum Gasteiger partial charge on any atom is 0.316 e. The van der Waals surface area contributed by atoms with Crippen LogP contribution in [0.15, 0.2) is 0 Å². The largest absolute Gasteiger partial charge is 0.468 e. The Bertz CT molecular complexity index is 391. The molecule has 0 N–H and O–H groups in total. The molecule has 104 valence electrons. The molecule has 0 spiro atoms. The summed E-state index contributed by atoms with van der Waals surface area (Å²) in [7, 11) is 1.27. The molecule has 1 rings (SSSR count). The van der Waals surface area contributed by atoms with Crippen LogP contribution in [0.1, 0.15) is 44.9 Å². The van der Waals surface area contributed by atoms with Crippen LogP contribution in [0.2, 0.25) is 0 Å². The molecule has 2 atom stereocenters. The molecule has 0 bridgehead atoms. The molecule has 0 aliphatic heterocycles. The van der Waals surface area contributed by atoms with Gasteiger partial charge in [0.25, 0.3) is 0 Å². The minimum Gasteiger partial charge on any atom is -0.468 e. The molecule has 0 aromatic rings. The predicted molar refractivity (Wildman–Crippen MR) is 70.2 cm³/mol. The standard InChI is InChI=1S/C15H20O4/c1-3-4-9-13(17)14(15(18)19-2)11-7-5-6-8-12(16)10-11/h1,11,14H,4-10H2,2H3/t11-,14?/m0/s1. The lowest BCUT2D eigenvalue weighted by Gasteiger charge is -2.22. The zero-order chi connectivity index (χ0) is 14.3. The third-order valence-corrected chi connectivity index (χ3v) is 3.56. The zero-order valence-corrected chi connectivity index (χ0v) is 11.3. The fourth-order valence-electron chi connectivity index (χ4n) is 2.57. The fraction of sp³-hybridized carbons (Fsp3) is 0.667. The Hall–Kier alpha value is -1.63. The lowest BCUT2D eigenvalue weighted by Crippen LogP contribution is -2.33. The molecule has 0 amide bonds. The van der Waals surface area contributed by atoms with Gasteiger partial charge in [-0.1, -0.05) is 6.42 Å². The van der Waals surface area contributed by atoms with E-state index >= 15 is 0 Å². The number of methoxy groups -OCH3 is 1. The van der Waals surface area contributed by atoms with Crippen molar-refractivity contribution in [3.63, 3.8) is 0 Å². The van der Waals surface area contributed by atoms with Crippen molar-refractivity contribution in [2.24, 2.45) is 11.8 Å². The molecule has 0 saturated heterocycles. The quantitative estimate of drug-likeness (QED) is 0.329. The minimum atomic E-state index is -0.833. The van der Waals surface area contributed by atoms with Gasteiger partial charge in [-0.15, -0.1) is 12.3 Å². The van der Waals surface area contributed by atoms with E-state index in [1.807, 2.05) is 0 Å². The first-order valence-corrected chi connectivity index (χ1v) is 6.65. The second-order valence-electron chi connectivity index (χ2n) is 4.92. The molecular formula is C15H20O4. The van der Waals surface area contributed by atoms with E-state index in [0.29, 0.717) is 25.7 Å². The van der Waals surface area contributed by atoms with Crippen LogP contribution in [0.5, 0.6) is 0 Å². The van der Waals surface area contributed by atoms with Gasteiger partial charge in [-0.25, -0.2) is 0 Å². The molecule has 1 unspecified atom stereocenters. The van der Waals surface area contributed by atoms with Crippen molar-refractivity contribution in [2.45, 2.75) is 44.9 Å². The maximum absolute atomic E-state index is 12.1. The van der Waals surface area contributed by atoms with E-state index in [1.165, 1.54) is 7.11 Å². The van der Waals surface area contributed by atoms with E-state index < -0.39 is 11.9 Å². The monoisotopic (exact) mass is 264 g/mol. The summed E-state index contributed by atoms with van der Waals surface area (Å²) in [6.07, 6.45) is 8.87. The smallest absolute Gasteiger partial charge is 0.316 e. The van der Waals surface area contributed by atoms with Crippen molar-refractivity contribution in [2.75, 3.05) is 7.11 Å². The van der Waals surface area contributed by atoms with Crippen LogP contribution < -0.4 is 0 Å². The second kappa shape index (κ2) is 7.73. The summed E-state index contributed by atoms with van der Waals surface area (Å²) < 4.78 is 4.72. The molecule has 0 radical (unpaired) electrons. The molecule has 4 nitrogen and oxygen atoms in total. The summed E-state index contributed by atoms with van der Waals surface area (Å²) in [5, 5.41) is 0. The van der Waals surface area contributed by atoms with Gasteiger partial charge in [-0.05, 0) is 18.8 Å². The van der Waals surface area contributed by atoms with Crippen molar-refractivity contribution < 1.29 is 19.1 Å². The molecule has 4 heteroatoms. The van der Waals surface area contributed by atoms with Gasteiger partial charge in [0.1, 0.15) is 17.5 Å².